The molecule has 0 unspecified atom stereocenters. The number of nitrogens with one attached hydrogen (secondary N) is 1. The first-order valence-electron chi connectivity index (χ1n) is 6.33. The monoisotopic (exact) mass is 275 g/mol. The first-order chi connectivity index (χ1) is 9.63. The van der Waals surface area contributed by atoms with Gasteiger partial charge in [0, 0.05) is 24.6 Å². The highest BCUT2D eigenvalue weighted by molar-refractivity contribution is 5.90. The molecule has 0 bridgehead atoms. The highest BCUT2D eigenvalue weighted by atomic mass is 16.5. The Kier molecular flexibility index (Phi) is 4.24. The predicted molar refractivity (Wildman–Crippen MR) is 76.0 cm³/mol. The number of aromatic nitrogens is 2. The van der Waals surface area contributed by atoms with Crippen LogP contribution in [-0.2, 0) is 17.9 Å². The Morgan fingerprint density at radius 3 is 2.40 bits per heavy atom. The Labute approximate surface area is 116 Å². The van der Waals surface area contributed by atoms with Crippen LogP contribution in [0.4, 0.5) is 5.69 Å². The fourth-order valence-electron chi connectivity index (χ4n) is 1.84. The van der Waals surface area contributed by atoms with Gasteiger partial charge in [0.25, 0.3) is 0 Å². The van der Waals surface area contributed by atoms with Gasteiger partial charge in [0.1, 0.15) is 12.3 Å². The summed E-state index contributed by atoms with van der Waals surface area (Å²) in [4.78, 5) is 23.7. The summed E-state index contributed by atoms with van der Waals surface area (Å²) in [7, 11) is 1.58. The van der Waals surface area contributed by atoms with Crippen LogP contribution in [0.3, 0.4) is 0 Å². The molecule has 0 radical (unpaired) electrons. The molecule has 1 heterocycles. The number of amides is 1. The molecule has 0 fully saturated rings. The minimum atomic E-state index is -0.244. The highest BCUT2D eigenvalue weighted by Gasteiger charge is 2.07. The van der Waals surface area contributed by atoms with Gasteiger partial charge in [-0.25, -0.2) is 4.79 Å². The van der Waals surface area contributed by atoms with Crippen molar-refractivity contribution in [2.24, 2.45) is 0 Å². The maximum atomic E-state index is 11.9. The smallest absolute Gasteiger partial charge is 0.328 e. The van der Waals surface area contributed by atoms with E-state index in [0.29, 0.717) is 12.2 Å². The molecule has 0 atom stereocenters. The molecule has 0 saturated carbocycles. The molecule has 20 heavy (non-hydrogen) atoms. The van der Waals surface area contributed by atoms with Crippen molar-refractivity contribution in [1.29, 1.82) is 0 Å². The van der Waals surface area contributed by atoms with Crippen molar-refractivity contribution in [1.82, 2.24) is 9.13 Å². The van der Waals surface area contributed by atoms with Crippen LogP contribution >= 0.6 is 0 Å². The zero-order chi connectivity index (χ0) is 14.5. The first-order valence-corrected chi connectivity index (χ1v) is 6.33. The number of rotatable bonds is 5. The van der Waals surface area contributed by atoms with Crippen LogP contribution in [0.2, 0.25) is 0 Å². The summed E-state index contributed by atoms with van der Waals surface area (Å²) in [5.41, 5.74) is 0.483. The molecular weight excluding hydrogens is 258 g/mol. The van der Waals surface area contributed by atoms with E-state index in [0.717, 1.165) is 5.75 Å². The minimum absolute atomic E-state index is 0.00212. The Morgan fingerprint density at radius 1 is 1.20 bits per heavy atom. The number of nitrogens with zero attached hydrogens (tertiary/aromatic N) is 2. The van der Waals surface area contributed by atoms with Gasteiger partial charge < -0.3 is 10.1 Å². The molecule has 0 aliphatic rings. The lowest BCUT2D eigenvalue weighted by atomic mass is 10.3. The van der Waals surface area contributed by atoms with E-state index in [9.17, 15) is 9.59 Å². The van der Waals surface area contributed by atoms with Crippen LogP contribution in [0.15, 0.2) is 41.5 Å². The van der Waals surface area contributed by atoms with E-state index in [1.807, 2.05) is 6.92 Å². The van der Waals surface area contributed by atoms with E-state index in [1.54, 1.807) is 48.3 Å². The van der Waals surface area contributed by atoms with Crippen LogP contribution in [0.25, 0.3) is 0 Å². The summed E-state index contributed by atoms with van der Waals surface area (Å²) >= 11 is 0. The largest absolute Gasteiger partial charge is 0.497 e. The second-order valence-corrected chi connectivity index (χ2v) is 4.27. The van der Waals surface area contributed by atoms with Crippen molar-refractivity contribution in [3.8, 4) is 5.75 Å². The quantitative estimate of drug-likeness (QED) is 0.895. The van der Waals surface area contributed by atoms with Crippen molar-refractivity contribution >= 4 is 11.6 Å². The Bertz CT molecular complexity index is 640. The molecule has 0 spiro atoms. The van der Waals surface area contributed by atoms with E-state index in [-0.39, 0.29) is 18.1 Å². The number of benzene rings is 1. The summed E-state index contributed by atoms with van der Waals surface area (Å²) in [6, 6.07) is 7.01. The van der Waals surface area contributed by atoms with Gasteiger partial charge in [-0.15, -0.1) is 0 Å². The molecule has 6 nitrogen and oxygen atoms in total. The van der Waals surface area contributed by atoms with Gasteiger partial charge in [-0.3, -0.25) is 13.9 Å². The number of aryl methyl sites for hydroxylation is 1. The Morgan fingerprint density at radius 2 is 1.85 bits per heavy atom. The maximum absolute atomic E-state index is 11.9. The van der Waals surface area contributed by atoms with E-state index in [2.05, 4.69) is 5.32 Å². The van der Waals surface area contributed by atoms with Crippen molar-refractivity contribution < 1.29 is 9.53 Å². The van der Waals surface area contributed by atoms with Gasteiger partial charge in [0.15, 0.2) is 0 Å². The van der Waals surface area contributed by atoms with E-state index < -0.39 is 0 Å². The van der Waals surface area contributed by atoms with Crippen molar-refractivity contribution in [2.45, 2.75) is 20.0 Å². The van der Waals surface area contributed by atoms with Crippen molar-refractivity contribution in [3.63, 3.8) is 0 Å². The maximum Gasteiger partial charge on any atom is 0.328 e. The van der Waals surface area contributed by atoms with Crippen LogP contribution in [0.1, 0.15) is 6.92 Å². The lowest BCUT2D eigenvalue weighted by molar-refractivity contribution is -0.116. The van der Waals surface area contributed by atoms with Crippen molar-refractivity contribution in [3.05, 3.63) is 47.1 Å². The zero-order valence-corrected chi connectivity index (χ0v) is 11.5. The molecule has 0 aliphatic heterocycles. The number of imidazole rings is 1. The average Bonchev–Trinajstić information content (AvgIpc) is 2.80. The number of anilines is 1. The minimum Gasteiger partial charge on any atom is -0.497 e. The lowest BCUT2D eigenvalue weighted by Gasteiger charge is -2.06. The standard InChI is InChI=1S/C14H17N3O3/c1-3-16-8-9-17(14(16)19)10-13(18)15-11-4-6-12(20-2)7-5-11/h4-9H,3,10H2,1-2H3,(H,15,18). The summed E-state index contributed by atoms with van der Waals surface area (Å²) in [5, 5.41) is 2.73. The van der Waals surface area contributed by atoms with Gasteiger partial charge in [-0.2, -0.15) is 0 Å². The summed E-state index contributed by atoms with van der Waals surface area (Å²) in [6.07, 6.45) is 3.28. The Hall–Kier alpha value is -2.50. The van der Waals surface area contributed by atoms with Crippen LogP contribution in [-0.4, -0.2) is 22.2 Å². The van der Waals surface area contributed by atoms with Crippen LogP contribution in [0.5, 0.6) is 5.75 Å². The SMILES string of the molecule is CCn1ccn(CC(=O)Nc2ccc(OC)cc2)c1=O. The molecule has 6 heteroatoms. The first kappa shape index (κ1) is 13.9. The molecule has 2 rings (SSSR count). The van der Waals surface area contributed by atoms with Gasteiger partial charge in [0.2, 0.25) is 5.91 Å². The zero-order valence-electron chi connectivity index (χ0n) is 11.5. The van der Waals surface area contributed by atoms with Gasteiger partial charge in [0.05, 0.1) is 7.11 Å². The molecular formula is C14H17N3O3. The third-order valence-corrected chi connectivity index (χ3v) is 2.95. The molecule has 1 aromatic carbocycles. The van der Waals surface area contributed by atoms with Gasteiger partial charge in [-0.1, -0.05) is 0 Å². The Balaban J connectivity index is 2.01. The average molecular weight is 275 g/mol. The van der Waals surface area contributed by atoms with E-state index >= 15 is 0 Å². The normalized spacial score (nSPS) is 10.3. The molecule has 106 valence electrons. The molecule has 0 saturated heterocycles. The summed E-state index contributed by atoms with van der Waals surface area (Å²) in [5.74, 6) is 0.477. The number of carbonyl (C=O) groups excluding carboxylic acids is 1. The fourth-order valence-corrected chi connectivity index (χ4v) is 1.84. The second kappa shape index (κ2) is 6.10. The third kappa shape index (κ3) is 3.09. The van der Waals surface area contributed by atoms with Crippen molar-refractivity contribution in [2.75, 3.05) is 12.4 Å². The third-order valence-electron chi connectivity index (χ3n) is 2.95. The molecule has 1 N–H and O–H groups in total. The van der Waals surface area contributed by atoms with Gasteiger partial charge in [-0.05, 0) is 31.2 Å². The van der Waals surface area contributed by atoms with E-state index in [1.165, 1.54) is 4.57 Å². The van der Waals surface area contributed by atoms with Crippen LogP contribution in [0, 0.1) is 0 Å². The molecule has 1 amide bonds. The lowest BCUT2D eigenvalue weighted by Crippen LogP contribution is -2.28. The predicted octanol–water partition coefficient (Wildman–Crippen LogP) is 1.32. The number of hydrogen-bond donors (Lipinski definition) is 1. The van der Waals surface area contributed by atoms with Crippen LogP contribution < -0.4 is 15.7 Å². The number of methoxy groups -OCH3 is 1. The molecule has 2 aromatic rings. The fraction of sp³-hybridized carbons (Fsp3) is 0.286. The summed E-state index contributed by atoms with van der Waals surface area (Å²) < 4.78 is 7.96. The van der Waals surface area contributed by atoms with Gasteiger partial charge >= 0.3 is 5.69 Å². The summed E-state index contributed by atoms with van der Waals surface area (Å²) in [6.45, 7) is 2.47. The number of hydrogen-bond acceptors (Lipinski definition) is 3. The topological polar surface area (TPSA) is 65.3 Å². The number of carbonyl (C=O) groups is 1. The molecule has 0 aliphatic carbocycles. The number of ether oxygens (including phenoxy) is 1. The van der Waals surface area contributed by atoms with E-state index in [4.69, 9.17) is 4.74 Å². The second-order valence-electron chi connectivity index (χ2n) is 4.27. The molecule has 1 aromatic heterocycles. The highest BCUT2D eigenvalue weighted by Crippen LogP contribution is 2.14.